The van der Waals surface area contributed by atoms with Crippen LogP contribution in [0.5, 0.6) is 0 Å². The van der Waals surface area contributed by atoms with Crippen molar-refractivity contribution in [3.05, 3.63) is 0 Å². The van der Waals surface area contributed by atoms with Gasteiger partial charge in [-0.25, -0.2) is 9.18 Å². The maximum atomic E-state index is 12.8. The summed E-state index contributed by atoms with van der Waals surface area (Å²) < 4.78 is 88.5. The molecule has 0 radical (unpaired) electrons. The third-order valence-electron chi connectivity index (χ3n) is 2.02. The van der Waals surface area contributed by atoms with Gasteiger partial charge in [0.25, 0.3) is 0 Å². The van der Waals surface area contributed by atoms with Gasteiger partial charge in [0.2, 0.25) is 0 Å². The molecule has 2 nitrogen and oxygen atoms in total. The molecule has 0 rings (SSSR count). The molecular formula is C8H9F7O2. The number of hydrogen-bond donors (Lipinski definition) is 1. The SMILES string of the molecule is CCCC(F)C(F)(F)C(F)(F)C(F)(F)C(=O)O. The molecule has 0 spiro atoms. The molecule has 0 fully saturated rings. The van der Waals surface area contributed by atoms with E-state index in [1.165, 1.54) is 6.92 Å². The molecule has 1 N–H and O–H groups in total. The summed E-state index contributed by atoms with van der Waals surface area (Å²) in [7, 11) is 0. The Balaban J connectivity index is 5.36. The number of rotatable bonds is 6. The molecule has 0 heterocycles. The van der Waals surface area contributed by atoms with Gasteiger partial charge in [-0.3, -0.25) is 0 Å². The molecule has 1 atom stereocenters. The summed E-state index contributed by atoms with van der Waals surface area (Å²) in [5.41, 5.74) is 0. The zero-order valence-corrected chi connectivity index (χ0v) is 8.49. The minimum absolute atomic E-state index is 0.286. The number of carbonyl (C=O) groups is 1. The largest absolute Gasteiger partial charge is 0.477 e. The third kappa shape index (κ3) is 2.47. The molecule has 0 aliphatic heterocycles. The fourth-order valence-corrected chi connectivity index (χ4v) is 0.975. The zero-order chi connectivity index (χ0) is 14.1. The average molecular weight is 270 g/mol. The molecule has 17 heavy (non-hydrogen) atoms. The average Bonchev–Trinajstić information content (AvgIpc) is 2.17. The van der Waals surface area contributed by atoms with Crippen LogP contribution in [-0.4, -0.2) is 35.0 Å². The van der Waals surface area contributed by atoms with Gasteiger partial charge in [-0.15, -0.1) is 0 Å². The Morgan fingerprint density at radius 1 is 1.18 bits per heavy atom. The van der Waals surface area contributed by atoms with E-state index in [4.69, 9.17) is 5.11 Å². The van der Waals surface area contributed by atoms with E-state index in [0.29, 0.717) is 0 Å². The number of halogens is 7. The molecule has 0 saturated heterocycles. The fraction of sp³-hybridized carbons (Fsp3) is 0.875. The highest BCUT2D eigenvalue weighted by Gasteiger charge is 2.77. The first-order chi connectivity index (χ1) is 7.42. The molecule has 0 aromatic carbocycles. The first-order valence-corrected chi connectivity index (χ1v) is 4.43. The van der Waals surface area contributed by atoms with Gasteiger partial charge in [0, 0.05) is 0 Å². The van der Waals surface area contributed by atoms with Crippen molar-refractivity contribution in [1.29, 1.82) is 0 Å². The number of carboxylic acid groups (broad SMARTS) is 1. The van der Waals surface area contributed by atoms with Gasteiger partial charge < -0.3 is 5.11 Å². The summed E-state index contributed by atoms with van der Waals surface area (Å²) in [6, 6.07) is 0. The van der Waals surface area contributed by atoms with Crippen LogP contribution in [0.1, 0.15) is 19.8 Å². The number of alkyl halides is 7. The molecule has 0 aliphatic carbocycles. The molecule has 0 amide bonds. The second kappa shape index (κ2) is 4.69. The molecule has 0 saturated carbocycles. The quantitative estimate of drug-likeness (QED) is 0.753. The van der Waals surface area contributed by atoms with Crippen LogP contribution in [-0.2, 0) is 4.79 Å². The predicted octanol–water partition coefficient (Wildman–Crippen LogP) is 3.12. The molecule has 0 bridgehead atoms. The summed E-state index contributed by atoms with van der Waals surface area (Å²) >= 11 is 0. The second-order valence-corrected chi connectivity index (χ2v) is 3.33. The topological polar surface area (TPSA) is 37.3 Å². The minimum Gasteiger partial charge on any atom is -0.477 e. The molecule has 0 aromatic rings. The van der Waals surface area contributed by atoms with Crippen molar-refractivity contribution < 1.29 is 40.6 Å². The highest BCUT2D eigenvalue weighted by Crippen LogP contribution is 2.48. The van der Waals surface area contributed by atoms with E-state index in [9.17, 15) is 35.5 Å². The monoisotopic (exact) mass is 270 g/mol. The lowest BCUT2D eigenvalue weighted by molar-refractivity contribution is -0.318. The van der Waals surface area contributed by atoms with Gasteiger partial charge in [0.15, 0.2) is 6.17 Å². The van der Waals surface area contributed by atoms with E-state index in [1.54, 1.807) is 0 Å². The van der Waals surface area contributed by atoms with Crippen LogP contribution in [0.15, 0.2) is 0 Å². The van der Waals surface area contributed by atoms with E-state index >= 15 is 0 Å². The van der Waals surface area contributed by atoms with E-state index in [2.05, 4.69) is 0 Å². The predicted molar refractivity (Wildman–Crippen MR) is 42.3 cm³/mol. The van der Waals surface area contributed by atoms with E-state index in [1.807, 2.05) is 0 Å². The first-order valence-electron chi connectivity index (χ1n) is 4.43. The van der Waals surface area contributed by atoms with Crippen LogP contribution in [0, 0.1) is 0 Å². The summed E-state index contributed by atoms with van der Waals surface area (Å²) in [6.07, 6.45) is -4.92. The normalized spacial score (nSPS) is 15.8. The van der Waals surface area contributed by atoms with Crippen LogP contribution in [0.3, 0.4) is 0 Å². The summed E-state index contributed by atoms with van der Waals surface area (Å²) in [5.74, 6) is -21.6. The molecule has 0 aromatic heterocycles. The van der Waals surface area contributed by atoms with Crippen molar-refractivity contribution in [3.8, 4) is 0 Å². The lowest BCUT2D eigenvalue weighted by atomic mass is 9.98. The lowest BCUT2D eigenvalue weighted by Gasteiger charge is -2.32. The smallest absolute Gasteiger partial charge is 0.410 e. The fourth-order valence-electron chi connectivity index (χ4n) is 0.975. The van der Waals surface area contributed by atoms with E-state index < -0.39 is 36.3 Å². The number of carboxylic acids is 1. The van der Waals surface area contributed by atoms with Crippen molar-refractivity contribution in [2.45, 2.75) is 43.7 Å². The molecule has 1 unspecified atom stereocenters. The van der Waals surface area contributed by atoms with Crippen molar-refractivity contribution in [2.75, 3.05) is 0 Å². The van der Waals surface area contributed by atoms with Crippen LogP contribution in [0.2, 0.25) is 0 Å². The van der Waals surface area contributed by atoms with Crippen molar-refractivity contribution >= 4 is 5.97 Å². The van der Waals surface area contributed by atoms with Crippen molar-refractivity contribution in [1.82, 2.24) is 0 Å². The third-order valence-corrected chi connectivity index (χ3v) is 2.02. The number of aliphatic carboxylic acids is 1. The Labute approximate surface area is 91.4 Å². The minimum atomic E-state index is -6.31. The van der Waals surface area contributed by atoms with E-state index in [0.717, 1.165) is 0 Å². The van der Waals surface area contributed by atoms with Gasteiger partial charge in [-0.2, -0.15) is 26.3 Å². The molecule has 102 valence electrons. The Morgan fingerprint density at radius 2 is 1.59 bits per heavy atom. The van der Waals surface area contributed by atoms with Gasteiger partial charge in [0.1, 0.15) is 0 Å². The Morgan fingerprint density at radius 3 is 1.88 bits per heavy atom. The molecule has 9 heteroatoms. The second-order valence-electron chi connectivity index (χ2n) is 3.33. The Hall–Kier alpha value is -1.02. The number of hydrogen-bond acceptors (Lipinski definition) is 1. The van der Waals surface area contributed by atoms with Crippen LogP contribution < -0.4 is 0 Å². The highest BCUT2D eigenvalue weighted by atomic mass is 19.3. The summed E-state index contributed by atoms with van der Waals surface area (Å²) in [5, 5.41) is 7.77. The standard InChI is InChI=1S/C8H9F7O2/c1-2-3-4(9)6(10,11)8(14,15)7(12,13)5(16)17/h4H,2-3H2,1H3,(H,16,17). The summed E-state index contributed by atoms with van der Waals surface area (Å²) in [6.45, 7) is 1.18. The van der Waals surface area contributed by atoms with Gasteiger partial charge >= 0.3 is 23.7 Å². The molecular weight excluding hydrogens is 261 g/mol. The Kier molecular flexibility index (Phi) is 4.41. The zero-order valence-electron chi connectivity index (χ0n) is 8.49. The van der Waals surface area contributed by atoms with Crippen molar-refractivity contribution in [2.24, 2.45) is 0 Å². The highest BCUT2D eigenvalue weighted by molar-refractivity contribution is 5.77. The van der Waals surface area contributed by atoms with Gasteiger partial charge in [0.05, 0.1) is 0 Å². The maximum absolute atomic E-state index is 12.8. The Bertz CT molecular complexity index is 290. The molecule has 0 aliphatic rings. The van der Waals surface area contributed by atoms with Gasteiger partial charge in [-0.1, -0.05) is 13.3 Å². The van der Waals surface area contributed by atoms with Crippen molar-refractivity contribution in [3.63, 3.8) is 0 Å². The van der Waals surface area contributed by atoms with Crippen LogP contribution in [0.4, 0.5) is 30.7 Å². The van der Waals surface area contributed by atoms with Crippen LogP contribution in [0.25, 0.3) is 0 Å². The summed E-state index contributed by atoms with van der Waals surface area (Å²) in [4.78, 5) is 9.81. The van der Waals surface area contributed by atoms with Gasteiger partial charge in [-0.05, 0) is 6.42 Å². The van der Waals surface area contributed by atoms with E-state index in [-0.39, 0.29) is 6.42 Å². The van der Waals surface area contributed by atoms with Crippen LogP contribution >= 0.6 is 0 Å². The maximum Gasteiger partial charge on any atom is 0.410 e. The lowest BCUT2D eigenvalue weighted by Crippen LogP contribution is -2.61. The first kappa shape index (κ1) is 16.0.